The van der Waals surface area contributed by atoms with E-state index in [1.54, 1.807) is 0 Å². The minimum absolute atomic E-state index is 0.616. The van der Waals surface area contributed by atoms with E-state index in [2.05, 4.69) is 36.4 Å². The molecule has 0 unspecified atom stereocenters. The lowest BCUT2D eigenvalue weighted by molar-refractivity contribution is -0.107. The molecule has 226 valence electrons. The number of unbranched alkanes of at least 4 members (excludes halogenated alkanes) is 22. The van der Waals surface area contributed by atoms with Crippen molar-refractivity contribution < 1.29 is 14.3 Å². The Labute approximate surface area is 246 Å². The van der Waals surface area contributed by atoms with Crippen LogP contribution in [-0.4, -0.2) is 26.1 Å². The summed E-state index contributed by atoms with van der Waals surface area (Å²) < 4.78 is 11.6. The first-order valence-corrected chi connectivity index (χ1v) is 17.0. The SMILES string of the molecule is O=CCCCCCCCCCCCCCCCCCCCCCCCCOCCOc1ccc2ccccc2c1. The maximum absolute atomic E-state index is 10.3. The average molecular weight is 553 g/mol. The van der Waals surface area contributed by atoms with Crippen LogP contribution in [0, 0.1) is 0 Å². The molecule has 2 aromatic rings. The number of benzene rings is 2. The highest BCUT2D eigenvalue weighted by Crippen LogP contribution is 2.20. The zero-order valence-corrected chi connectivity index (χ0v) is 25.7. The second-order valence-electron chi connectivity index (χ2n) is 11.7. The summed E-state index contributed by atoms with van der Waals surface area (Å²) in [5.41, 5.74) is 0. The fourth-order valence-corrected chi connectivity index (χ4v) is 5.55. The van der Waals surface area contributed by atoms with Crippen LogP contribution in [0.2, 0.25) is 0 Å². The van der Waals surface area contributed by atoms with Crippen molar-refractivity contribution in [1.82, 2.24) is 0 Å². The van der Waals surface area contributed by atoms with Crippen molar-refractivity contribution in [3.8, 4) is 5.75 Å². The molecule has 0 fully saturated rings. The van der Waals surface area contributed by atoms with Gasteiger partial charge in [0.25, 0.3) is 0 Å². The zero-order valence-electron chi connectivity index (χ0n) is 25.7. The lowest BCUT2D eigenvalue weighted by Gasteiger charge is -2.08. The Bertz CT molecular complexity index is 833. The normalized spacial score (nSPS) is 11.3. The fraction of sp³-hybridized carbons (Fsp3) is 0.703. The van der Waals surface area contributed by atoms with Gasteiger partial charge in [-0.2, -0.15) is 0 Å². The second kappa shape index (κ2) is 26.1. The van der Waals surface area contributed by atoms with Crippen LogP contribution >= 0.6 is 0 Å². The van der Waals surface area contributed by atoms with Crippen LogP contribution in [0.15, 0.2) is 42.5 Å². The van der Waals surface area contributed by atoms with Crippen LogP contribution in [0.1, 0.15) is 148 Å². The lowest BCUT2D eigenvalue weighted by atomic mass is 10.0. The number of ether oxygens (including phenoxy) is 2. The quantitative estimate of drug-likeness (QED) is 0.0743. The van der Waals surface area contributed by atoms with Gasteiger partial charge in [-0.1, -0.05) is 159 Å². The average Bonchev–Trinajstić information content (AvgIpc) is 2.98. The van der Waals surface area contributed by atoms with Gasteiger partial charge in [-0.3, -0.25) is 0 Å². The largest absolute Gasteiger partial charge is 0.491 e. The molecule has 0 N–H and O–H groups in total. The molecular formula is C37H60O3. The maximum atomic E-state index is 10.3. The maximum Gasteiger partial charge on any atom is 0.120 e. The van der Waals surface area contributed by atoms with Crippen molar-refractivity contribution in [2.24, 2.45) is 0 Å². The molecule has 0 aromatic heterocycles. The molecule has 2 rings (SSSR count). The standard InChI is InChI=1S/C37H60O3/c38-30-24-20-18-16-14-12-10-8-6-4-2-1-3-5-7-9-11-13-15-17-19-21-25-31-39-32-33-40-37-29-28-35-26-22-23-27-36(35)34-37/h22-23,26-30,34H,1-21,24-25,31-33H2. The number of carbonyl (C=O) groups is 1. The van der Waals surface area contributed by atoms with Crippen LogP contribution in [0.25, 0.3) is 10.8 Å². The molecule has 0 saturated heterocycles. The number of aldehydes is 1. The molecule has 0 aliphatic carbocycles. The first-order chi connectivity index (χ1) is 19.9. The highest BCUT2D eigenvalue weighted by atomic mass is 16.5. The van der Waals surface area contributed by atoms with Gasteiger partial charge >= 0.3 is 0 Å². The summed E-state index contributed by atoms with van der Waals surface area (Å²) in [5.74, 6) is 0.922. The van der Waals surface area contributed by atoms with Gasteiger partial charge in [0.2, 0.25) is 0 Å². The fourth-order valence-electron chi connectivity index (χ4n) is 5.55. The van der Waals surface area contributed by atoms with E-state index < -0.39 is 0 Å². The predicted molar refractivity (Wildman–Crippen MR) is 173 cm³/mol. The summed E-state index contributed by atoms with van der Waals surface area (Å²) in [6.07, 6.45) is 32.0. The molecule has 0 saturated carbocycles. The molecule has 0 bridgehead atoms. The Morgan fingerprint density at radius 2 is 0.900 bits per heavy atom. The molecule has 0 atom stereocenters. The Hall–Kier alpha value is -1.87. The molecule has 0 radical (unpaired) electrons. The van der Waals surface area contributed by atoms with Crippen LogP contribution in [0.3, 0.4) is 0 Å². The molecule has 3 heteroatoms. The molecule has 0 heterocycles. The number of carbonyl (C=O) groups excluding carboxylic acids is 1. The molecule has 0 amide bonds. The minimum atomic E-state index is 0.616. The molecule has 0 aliphatic heterocycles. The molecule has 3 nitrogen and oxygen atoms in total. The number of hydrogen-bond acceptors (Lipinski definition) is 3. The Balaban J connectivity index is 1.20. The van der Waals surface area contributed by atoms with Gasteiger partial charge < -0.3 is 14.3 Å². The van der Waals surface area contributed by atoms with Crippen molar-refractivity contribution in [1.29, 1.82) is 0 Å². The minimum Gasteiger partial charge on any atom is -0.491 e. The van der Waals surface area contributed by atoms with Gasteiger partial charge in [-0.05, 0) is 35.7 Å². The molecular weight excluding hydrogens is 492 g/mol. The smallest absolute Gasteiger partial charge is 0.120 e. The van der Waals surface area contributed by atoms with Crippen molar-refractivity contribution in [3.63, 3.8) is 0 Å². The molecule has 0 spiro atoms. The summed E-state index contributed by atoms with van der Waals surface area (Å²) in [6, 6.07) is 14.6. The second-order valence-corrected chi connectivity index (χ2v) is 11.7. The van der Waals surface area contributed by atoms with Crippen LogP contribution < -0.4 is 4.74 Å². The first kappa shape index (κ1) is 34.3. The Kier molecular flexibility index (Phi) is 22.4. The number of rotatable bonds is 29. The van der Waals surface area contributed by atoms with E-state index in [1.165, 1.54) is 146 Å². The van der Waals surface area contributed by atoms with Crippen molar-refractivity contribution in [3.05, 3.63) is 42.5 Å². The predicted octanol–water partition coefficient (Wildman–Crippen LogP) is 11.4. The van der Waals surface area contributed by atoms with Crippen molar-refractivity contribution in [2.75, 3.05) is 19.8 Å². The van der Waals surface area contributed by atoms with E-state index in [0.29, 0.717) is 13.2 Å². The van der Waals surface area contributed by atoms with Crippen LogP contribution in [-0.2, 0) is 9.53 Å². The van der Waals surface area contributed by atoms with E-state index in [0.717, 1.165) is 31.5 Å². The summed E-state index contributed by atoms with van der Waals surface area (Å²) in [6.45, 7) is 2.14. The Morgan fingerprint density at radius 3 is 1.40 bits per heavy atom. The van der Waals surface area contributed by atoms with Gasteiger partial charge in [-0.15, -0.1) is 0 Å². The summed E-state index contributed by atoms with van der Waals surface area (Å²) >= 11 is 0. The molecule has 40 heavy (non-hydrogen) atoms. The Morgan fingerprint density at radius 1 is 0.450 bits per heavy atom. The van der Waals surface area contributed by atoms with E-state index in [-0.39, 0.29) is 0 Å². The third kappa shape index (κ3) is 19.2. The van der Waals surface area contributed by atoms with Gasteiger partial charge in [0.15, 0.2) is 0 Å². The summed E-state index contributed by atoms with van der Waals surface area (Å²) in [7, 11) is 0. The van der Waals surface area contributed by atoms with E-state index in [9.17, 15) is 4.79 Å². The number of fused-ring (bicyclic) bond motifs is 1. The third-order valence-corrected chi connectivity index (χ3v) is 8.08. The summed E-state index contributed by atoms with van der Waals surface area (Å²) in [4.78, 5) is 10.3. The molecule has 2 aromatic carbocycles. The highest BCUT2D eigenvalue weighted by Gasteiger charge is 1.99. The van der Waals surface area contributed by atoms with Crippen molar-refractivity contribution in [2.45, 2.75) is 148 Å². The highest BCUT2D eigenvalue weighted by molar-refractivity contribution is 5.83. The topological polar surface area (TPSA) is 35.5 Å². The van der Waals surface area contributed by atoms with Crippen LogP contribution in [0.5, 0.6) is 5.75 Å². The van der Waals surface area contributed by atoms with Gasteiger partial charge in [0.05, 0.1) is 6.61 Å². The van der Waals surface area contributed by atoms with Gasteiger partial charge in [0, 0.05) is 13.0 Å². The van der Waals surface area contributed by atoms with Crippen LogP contribution in [0.4, 0.5) is 0 Å². The zero-order chi connectivity index (χ0) is 28.2. The third-order valence-electron chi connectivity index (χ3n) is 8.08. The van der Waals surface area contributed by atoms with E-state index in [1.807, 2.05) is 6.07 Å². The lowest BCUT2D eigenvalue weighted by Crippen LogP contribution is -2.07. The van der Waals surface area contributed by atoms with Gasteiger partial charge in [-0.25, -0.2) is 0 Å². The number of hydrogen-bond donors (Lipinski definition) is 0. The van der Waals surface area contributed by atoms with E-state index >= 15 is 0 Å². The van der Waals surface area contributed by atoms with Gasteiger partial charge in [0.1, 0.15) is 18.6 Å². The van der Waals surface area contributed by atoms with E-state index in [4.69, 9.17) is 9.47 Å². The summed E-state index contributed by atoms with van der Waals surface area (Å²) in [5, 5.41) is 2.46. The first-order valence-electron chi connectivity index (χ1n) is 17.0. The monoisotopic (exact) mass is 552 g/mol. The molecule has 0 aliphatic rings. The van der Waals surface area contributed by atoms with Crippen molar-refractivity contribution >= 4 is 17.1 Å².